The molecule has 128 valence electrons. The quantitative estimate of drug-likeness (QED) is 0.771. The minimum atomic E-state index is 0. The van der Waals surface area contributed by atoms with Crippen LogP contribution in [0.2, 0.25) is 0 Å². The number of nitrogens with one attached hydrogen (secondary N) is 1. The van der Waals surface area contributed by atoms with Crippen molar-refractivity contribution in [2.45, 2.75) is 12.5 Å². The molecule has 2 fully saturated rings. The molecule has 24 heavy (non-hydrogen) atoms. The van der Waals surface area contributed by atoms with Crippen LogP contribution in [-0.4, -0.2) is 38.1 Å². The molecule has 4 rings (SSSR count). The Morgan fingerprint density at radius 2 is 1.29 bits per heavy atom. The minimum absolute atomic E-state index is 0. The maximum absolute atomic E-state index is 2.75. The van der Waals surface area contributed by atoms with Gasteiger partial charge in [0.25, 0.3) is 0 Å². The summed E-state index contributed by atoms with van der Waals surface area (Å²) in [6, 6.07) is 22.5. The third-order valence-electron chi connectivity index (χ3n) is 5.52. The number of nitrogens with zero attached hydrogens (tertiary/aromatic N) is 1. The molecule has 0 aromatic heterocycles. The van der Waals surface area contributed by atoms with Crippen molar-refractivity contribution >= 4 is 0 Å². The Bertz CT molecular complexity index is 573. The number of fused-ring (bicyclic) bond motifs is 2. The molecule has 0 aliphatic carbocycles. The van der Waals surface area contributed by atoms with Gasteiger partial charge >= 0.3 is 0 Å². The number of quaternary nitrogens is 1. The van der Waals surface area contributed by atoms with E-state index in [1.54, 1.807) is 4.90 Å². The highest BCUT2D eigenvalue weighted by atomic mass is 35.5. The summed E-state index contributed by atoms with van der Waals surface area (Å²) in [5.41, 5.74) is 2.86. The number of benzene rings is 2. The number of halogens is 1. The summed E-state index contributed by atoms with van der Waals surface area (Å²) in [5.74, 6) is 1.72. The van der Waals surface area contributed by atoms with Gasteiger partial charge in [0.1, 0.15) is 0 Å². The molecule has 2 atom stereocenters. The molecule has 0 radical (unpaired) electrons. The first kappa shape index (κ1) is 17.5. The zero-order valence-corrected chi connectivity index (χ0v) is 15.1. The maximum Gasteiger partial charge on any atom is 0.0810 e. The normalized spacial score (nSPS) is 26.8. The van der Waals surface area contributed by atoms with Crippen molar-refractivity contribution in [1.29, 1.82) is 0 Å². The second-order valence-electron chi connectivity index (χ2n) is 7.51. The van der Waals surface area contributed by atoms with Crippen LogP contribution in [0.25, 0.3) is 0 Å². The van der Waals surface area contributed by atoms with Gasteiger partial charge in [0.05, 0.1) is 26.2 Å². The van der Waals surface area contributed by atoms with Crippen LogP contribution in [0.4, 0.5) is 0 Å². The highest BCUT2D eigenvalue weighted by Crippen LogP contribution is 2.34. The van der Waals surface area contributed by atoms with Crippen LogP contribution in [0.15, 0.2) is 60.7 Å². The topological polar surface area (TPSA) is 7.68 Å². The highest BCUT2D eigenvalue weighted by Gasteiger charge is 2.38. The summed E-state index contributed by atoms with van der Waals surface area (Å²) in [6.45, 7) is 5.15. The average molecular weight is 343 g/mol. The first-order chi connectivity index (χ1) is 11.3. The molecule has 2 saturated heterocycles. The molecule has 2 unspecified atom stereocenters. The van der Waals surface area contributed by atoms with E-state index in [4.69, 9.17) is 0 Å². The monoisotopic (exact) mass is 342 g/mol. The summed E-state index contributed by atoms with van der Waals surface area (Å²) in [5, 5.41) is 0. The van der Waals surface area contributed by atoms with E-state index in [0.717, 1.165) is 11.8 Å². The molecule has 2 aromatic carbocycles. The molecule has 0 spiro atoms. The van der Waals surface area contributed by atoms with Crippen molar-refractivity contribution in [2.75, 3.05) is 33.2 Å². The molecule has 2 aromatic rings. The molecule has 2 nitrogen and oxygen atoms in total. The van der Waals surface area contributed by atoms with Crippen molar-refractivity contribution in [3.05, 3.63) is 71.8 Å². The Labute approximate surface area is 151 Å². The number of piperidine rings is 2. The SMILES string of the molecule is C[NH+]1CC2CC(CN(C(c3ccccc3)c3ccccc3)C2)C1.[Cl-]. The largest absolute Gasteiger partial charge is 1.00 e. The smallest absolute Gasteiger partial charge is 0.0810 e. The van der Waals surface area contributed by atoms with E-state index < -0.39 is 0 Å². The third kappa shape index (κ3) is 3.66. The predicted molar refractivity (Wildman–Crippen MR) is 94.5 cm³/mol. The van der Waals surface area contributed by atoms with E-state index in [1.165, 1.54) is 43.7 Å². The Balaban J connectivity index is 0.00000169. The molecule has 0 saturated carbocycles. The Hall–Kier alpha value is -1.35. The van der Waals surface area contributed by atoms with Crippen molar-refractivity contribution < 1.29 is 17.3 Å². The number of hydrogen-bond donors (Lipinski definition) is 1. The lowest BCUT2D eigenvalue weighted by Crippen LogP contribution is -3.12. The van der Waals surface area contributed by atoms with Crippen LogP contribution >= 0.6 is 0 Å². The van der Waals surface area contributed by atoms with Gasteiger partial charge in [-0.25, -0.2) is 0 Å². The first-order valence-corrected chi connectivity index (χ1v) is 8.95. The second-order valence-corrected chi connectivity index (χ2v) is 7.51. The van der Waals surface area contributed by atoms with Gasteiger partial charge in [0.15, 0.2) is 0 Å². The van der Waals surface area contributed by atoms with Crippen LogP contribution in [0.1, 0.15) is 23.6 Å². The molecule has 2 bridgehead atoms. The van der Waals surface area contributed by atoms with Gasteiger partial charge in [-0.15, -0.1) is 0 Å². The lowest BCUT2D eigenvalue weighted by molar-refractivity contribution is -0.893. The molecular weight excluding hydrogens is 316 g/mol. The van der Waals surface area contributed by atoms with Crippen LogP contribution in [-0.2, 0) is 0 Å². The van der Waals surface area contributed by atoms with Gasteiger partial charge in [-0.1, -0.05) is 60.7 Å². The van der Waals surface area contributed by atoms with Crippen LogP contribution in [0.3, 0.4) is 0 Å². The van der Waals surface area contributed by atoms with E-state index in [1.807, 2.05) is 0 Å². The molecule has 2 aliphatic rings. The van der Waals surface area contributed by atoms with Crippen LogP contribution in [0.5, 0.6) is 0 Å². The van der Waals surface area contributed by atoms with Gasteiger partial charge in [-0.05, 0) is 17.5 Å². The fourth-order valence-corrected chi connectivity index (χ4v) is 4.82. The lowest BCUT2D eigenvalue weighted by atomic mass is 9.83. The lowest BCUT2D eigenvalue weighted by Gasteiger charge is -2.45. The van der Waals surface area contributed by atoms with Gasteiger partial charge in [-0.3, -0.25) is 4.90 Å². The fourth-order valence-electron chi connectivity index (χ4n) is 4.82. The van der Waals surface area contributed by atoms with E-state index in [9.17, 15) is 0 Å². The highest BCUT2D eigenvalue weighted by molar-refractivity contribution is 5.32. The van der Waals surface area contributed by atoms with Gasteiger partial charge in [-0.2, -0.15) is 0 Å². The first-order valence-electron chi connectivity index (χ1n) is 8.95. The number of likely N-dealkylation sites (tertiary alicyclic amines) is 2. The molecular formula is C21H27ClN2. The van der Waals surface area contributed by atoms with Crippen molar-refractivity contribution in [2.24, 2.45) is 11.8 Å². The second kappa shape index (κ2) is 7.69. The van der Waals surface area contributed by atoms with Crippen LogP contribution in [0, 0.1) is 11.8 Å². The van der Waals surface area contributed by atoms with Crippen molar-refractivity contribution in [1.82, 2.24) is 4.90 Å². The van der Waals surface area contributed by atoms with Gasteiger partial charge < -0.3 is 17.3 Å². The molecule has 2 aliphatic heterocycles. The Morgan fingerprint density at radius 3 is 1.75 bits per heavy atom. The van der Waals surface area contributed by atoms with Gasteiger partial charge in [0, 0.05) is 24.9 Å². The van der Waals surface area contributed by atoms with E-state index >= 15 is 0 Å². The van der Waals surface area contributed by atoms with Crippen LogP contribution < -0.4 is 17.3 Å². The van der Waals surface area contributed by atoms with Gasteiger partial charge in [0.2, 0.25) is 0 Å². The summed E-state index contributed by atoms with van der Waals surface area (Å²) in [7, 11) is 2.36. The summed E-state index contributed by atoms with van der Waals surface area (Å²) >= 11 is 0. The zero-order valence-electron chi connectivity index (χ0n) is 14.4. The molecule has 3 heteroatoms. The zero-order chi connectivity index (χ0) is 15.6. The van der Waals surface area contributed by atoms with E-state index in [-0.39, 0.29) is 12.4 Å². The van der Waals surface area contributed by atoms with E-state index in [2.05, 4.69) is 72.6 Å². The summed E-state index contributed by atoms with van der Waals surface area (Å²) in [4.78, 5) is 4.47. The minimum Gasteiger partial charge on any atom is -1.00 e. The fraction of sp³-hybridized carbons (Fsp3) is 0.429. The average Bonchev–Trinajstić information content (AvgIpc) is 2.56. The summed E-state index contributed by atoms with van der Waals surface area (Å²) in [6.07, 6.45) is 1.43. The standard InChI is InChI=1S/C21H26N2.ClH/c1-22-13-17-12-18(14-22)16-23(15-17)21(19-8-4-2-5-9-19)20-10-6-3-7-11-20;/h2-11,17-18,21H,12-16H2,1H3;1H. The Morgan fingerprint density at radius 1 is 0.833 bits per heavy atom. The van der Waals surface area contributed by atoms with E-state index in [0.29, 0.717) is 6.04 Å². The third-order valence-corrected chi connectivity index (χ3v) is 5.52. The molecule has 2 heterocycles. The van der Waals surface area contributed by atoms with Crippen molar-refractivity contribution in [3.63, 3.8) is 0 Å². The Kier molecular flexibility index (Phi) is 5.60. The maximum atomic E-state index is 2.75. The molecule has 1 N–H and O–H groups in total. The predicted octanol–water partition coefficient (Wildman–Crippen LogP) is -0.754. The summed E-state index contributed by atoms with van der Waals surface area (Å²) < 4.78 is 0. The number of hydrogen-bond acceptors (Lipinski definition) is 1. The number of rotatable bonds is 3. The molecule has 0 amide bonds. The van der Waals surface area contributed by atoms with Crippen molar-refractivity contribution in [3.8, 4) is 0 Å².